The Kier molecular flexibility index (Phi) is 4.38. The summed E-state index contributed by atoms with van der Waals surface area (Å²) in [6.07, 6.45) is 6.10. The van der Waals surface area contributed by atoms with Gasteiger partial charge in [-0.3, -0.25) is 4.90 Å². The van der Waals surface area contributed by atoms with Crippen LogP contribution in [0.4, 0.5) is 11.5 Å². The molecule has 2 aliphatic heterocycles. The molecule has 3 heterocycles. The van der Waals surface area contributed by atoms with Crippen LogP contribution >= 0.6 is 0 Å². The molecule has 2 N–H and O–H groups in total. The molecule has 110 valence electrons. The number of anilines is 2. The monoisotopic (exact) mass is 276 g/mol. The molecule has 0 radical (unpaired) electrons. The molecule has 0 saturated carbocycles. The molecular weight excluding hydrogens is 252 g/mol. The molecule has 2 fully saturated rings. The Balaban J connectivity index is 1.47. The van der Waals surface area contributed by atoms with Crippen molar-refractivity contribution in [1.82, 2.24) is 9.88 Å². The van der Waals surface area contributed by atoms with E-state index in [2.05, 4.69) is 20.9 Å². The van der Waals surface area contributed by atoms with Gasteiger partial charge < -0.3 is 15.4 Å². The molecule has 5 heteroatoms. The summed E-state index contributed by atoms with van der Waals surface area (Å²) in [5.74, 6) is 0.585. The van der Waals surface area contributed by atoms with Crippen molar-refractivity contribution < 1.29 is 4.74 Å². The van der Waals surface area contributed by atoms with Crippen LogP contribution in [-0.2, 0) is 4.74 Å². The molecule has 1 atom stereocenters. The Morgan fingerprint density at radius 3 is 2.70 bits per heavy atom. The topological polar surface area (TPSA) is 54.6 Å². The van der Waals surface area contributed by atoms with Crippen LogP contribution in [0, 0.1) is 0 Å². The van der Waals surface area contributed by atoms with Gasteiger partial charge in [0.1, 0.15) is 5.82 Å². The lowest BCUT2D eigenvalue weighted by molar-refractivity contribution is -0.00645. The van der Waals surface area contributed by atoms with E-state index < -0.39 is 0 Å². The van der Waals surface area contributed by atoms with Crippen LogP contribution in [0.25, 0.3) is 0 Å². The SMILES string of the molecule is Nc1ccc(N2CCN(CC3CCCCO3)CC2)cn1. The van der Waals surface area contributed by atoms with Gasteiger partial charge in [0.15, 0.2) is 0 Å². The fourth-order valence-corrected chi connectivity index (χ4v) is 3.01. The quantitative estimate of drug-likeness (QED) is 0.903. The Bertz CT molecular complexity index is 408. The maximum Gasteiger partial charge on any atom is 0.123 e. The first-order valence-corrected chi connectivity index (χ1v) is 7.62. The van der Waals surface area contributed by atoms with Crippen LogP contribution in [0.3, 0.4) is 0 Å². The molecule has 5 nitrogen and oxygen atoms in total. The minimum atomic E-state index is 0.452. The lowest BCUT2D eigenvalue weighted by atomic mass is 10.1. The molecule has 0 amide bonds. The van der Waals surface area contributed by atoms with Crippen molar-refractivity contribution in [3.63, 3.8) is 0 Å². The second-order valence-electron chi connectivity index (χ2n) is 5.72. The van der Waals surface area contributed by atoms with Crippen LogP contribution < -0.4 is 10.6 Å². The van der Waals surface area contributed by atoms with Gasteiger partial charge in [0.25, 0.3) is 0 Å². The molecule has 20 heavy (non-hydrogen) atoms. The highest BCUT2D eigenvalue weighted by Gasteiger charge is 2.22. The van der Waals surface area contributed by atoms with Crippen molar-refractivity contribution >= 4 is 11.5 Å². The number of ether oxygens (including phenoxy) is 1. The molecule has 0 bridgehead atoms. The number of rotatable bonds is 3. The van der Waals surface area contributed by atoms with E-state index in [0.29, 0.717) is 11.9 Å². The summed E-state index contributed by atoms with van der Waals surface area (Å²) < 4.78 is 5.83. The zero-order chi connectivity index (χ0) is 13.8. The fraction of sp³-hybridized carbons (Fsp3) is 0.667. The second kappa shape index (κ2) is 6.41. The average molecular weight is 276 g/mol. The molecule has 0 spiro atoms. The highest BCUT2D eigenvalue weighted by atomic mass is 16.5. The van der Waals surface area contributed by atoms with Crippen molar-refractivity contribution in [3.8, 4) is 0 Å². The van der Waals surface area contributed by atoms with Crippen molar-refractivity contribution in [1.29, 1.82) is 0 Å². The molecule has 2 aliphatic rings. The number of nitrogens with zero attached hydrogens (tertiary/aromatic N) is 3. The minimum Gasteiger partial charge on any atom is -0.384 e. The predicted molar refractivity (Wildman–Crippen MR) is 80.9 cm³/mol. The van der Waals surface area contributed by atoms with Crippen LogP contribution in [0.5, 0.6) is 0 Å². The number of hydrogen-bond acceptors (Lipinski definition) is 5. The van der Waals surface area contributed by atoms with E-state index in [4.69, 9.17) is 10.5 Å². The smallest absolute Gasteiger partial charge is 0.123 e. The largest absolute Gasteiger partial charge is 0.384 e. The van der Waals surface area contributed by atoms with Gasteiger partial charge in [0.05, 0.1) is 18.0 Å². The van der Waals surface area contributed by atoms with E-state index in [1.165, 1.54) is 24.9 Å². The summed E-state index contributed by atoms with van der Waals surface area (Å²) in [4.78, 5) is 9.07. The number of nitrogens with two attached hydrogens (primary N) is 1. The van der Waals surface area contributed by atoms with Gasteiger partial charge in [-0.1, -0.05) is 0 Å². The predicted octanol–water partition coefficient (Wildman–Crippen LogP) is 1.35. The van der Waals surface area contributed by atoms with Crippen LogP contribution in [0.2, 0.25) is 0 Å². The average Bonchev–Trinajstić information content (AvgIpc) is 2.50. The maximum absolute atomic E-state index is 5.83. The summed E-state index contributed by atoms with van der Waals surface area (Å²) in [6, 6.07) is 3.93. The van der Waals surface area contributed by atoms with E-state index in [1.54, 1.807) is 0 Å². The zero-order valence-corrected chi connectivity index (χ0v) is 12.0. The summed E-state index contributed by atoms with van der Waals surface area (Å²) in [5.41, 5.74) is 6.80. The van der Waals surface area contributed by atoms with Gasteiger partial charge in [0.2, 0.25) is 0 Å². The molecule has 1 aromatic heterocycles. The Hall–Kier alpha value is -1.33. The van der Waals surface area contributed by atoms with E-state index in [9.17, 15) is 0 Å². The minimum absolute atomic E-state index is 0.452. The van der Waals surface area contributed by atoms with E-state index >= 15 is 0 Å². The molecule has 2 saturated heterocycles. The van der Waals surface area contributed by atoms with Crippen molar-refractivity contribution in [2.24, 2.45) is 0 Å². The first-order valence-electron chi connectivity index (χ1n) is 7.62. The van der Waals surface area contributed by atoms with Gasteiger partial charge in [-0.2, -0.15) is 0 Å². The Morgan fingerprint density at radius 1 is 1.20 bits per heavy atom. The lowest BCUT2D eigenvalue weighted by Gasteiger charge is -2.38. The van der Waals surface area contributed by atoms with E-state index in [-0.39, 0.29) is 0 Å². The first-order chi connectivity index (χ1) is 9.81. The van der Waals surface area contributed by atoms with Gasteiger partial charge in [0, 0.05) is 39.3 Å². The third-order valence-electron chi connectivity index (χ3n) is 4.24. The maximum atomic E-state index is 5.83. The summed E-state index contributed by atoms with van der Waals surface area (Å²) in [7, 11) is 0. The highest BCUT2D eigenvalue weighted by Crippen LogP contribution is 2.18. The molecule has 3 rings (SSSR count). The summed E-state index contributed by atoms with van der Waals surface area (Å²) in [5, 5.41) is 0. The zero-order valence-electron chi connectivity index (χ0n) is 12.0. The first kappa shape index (κ1) is 13.6. The number of aromatic nitrogens is 1. The molecule has 1 aromatic rings. The Labute approximate surface area is 120 Å². The lowest BCUT2D eigenvalue weighted by Crippen LogP contribution is -2.49. The normalized spacial score (nSPS) is 24.8. The summed E-state index contributed by atoms with van der Waals surface area (Å²) in [6.45, 7) is 6.35. The van der Waals surface area contributed by atoms with Gasteiger partial charge in [-0.15, -0.1) is 0 Å². The van der Waals surface area contributed by atoms with E-state index in [1.807, 2.05) is 12.3 Å². The second-order valence-corrected chi connectivity index (χ2v) is 5.72. The fourth-order valence-electron chi connectivity index (χ4n) is 3.01. The third kappa shape index (κ3) is 3.41. The van der Waals surface area contributed by atoms with Gasteiger partial charge >= 0.3 is 0 Å². The van der Waals surface area contributed by atoms with Gasteiger partial charge in [-0.25, -0.2) is 4.98 Å². The van der Waals surface area contributed by atoms with Gasteiger partial charge in [-0.05, 0) is 31.4 Å². The number of hydrogen-bond donors (Lipinski definition) is 1. The highest BCUT2D eigenvalue weighted by molar-refractivity contribution is 5.48. The van der Waals surface area contributed by atoms with Crippen LogP contribution in [0.1, 0.15) is 19.3 Å². The van der Waals surface area contributed by atoms with Crippen molar-refractivity contribution in [2.45, 2.75) is 25.4 Å². The number of pyridine rings is 1. The van der Waals surface area contributed by atoms with Crippen molar-refractivity contribution in [2.75, 3.05) is 50.0 Å². The Morgan fingerprint density at radius 2 is 2.05 bits per heavy atom. The molecule has 0 aromatic carbocycles. The summed E-state index contributed by atoms with van der Waals surface area (Å²) >= 11 is 0. The third-order valence-corrected chi connectivity index (χ3v) is 4.24. The number of piperazine rings is 1. The number of nitrogen functional groups attached to an aromatic ring is 1. The molecule has 1 unspecified atom stereocenters. The molecule has 0 aliphatic carbocycles. The van der Waals surface area contributed by atoms with E-state index in [0.717, 1.165) is 39.3 Å². The van der Waals surface area contributed by atoms with Crippen LogP contribution in [0.15, 0.2) is 18.3 Å². The standard InChI is InChI=1S/C15H24N4O/c16-15-5-4-13(11-17-15)19-8-6-18(7-9-19)12-14-3-1-2-10-20-14/h4-5,11,14H,1-3,6-10,12H2,(H2,16,17). The van der Waals surface area contributed by atoms with Crippen molar-refractivity contribution in [3.05, 3.63) is 18.3 Å². The molecular formula is C15H24N4O. The van der Waals surface area contributed by atoms with Crippen LogP contribution in [-0.4, -0.2) is 55.3 Å².